The third-order valence-electron chi connectivity index (χ3n) is 5.25. The second-order valence-electron chi connectivity index (χ2n) is 6.83. The Bertz CT molecular complexity index is 1100. The van der Waals surface area contributed by atoms with Gasteiger partial charge in [0, 0.05) is 16.6 Å². The van der Waals surface area contributed by atoms with Crippen LogP contribution in [-0.4, -0.2) is 15.9 Å². The third-order valence-corrected chi connectivity index (χ3v) is 5.47. The normalized spacial score (nSPS) is 24.0. The first kappa shape index (κ1) is 16.3. The zero-order valence-electron chi connectivity index (χ0n) is 14.1. The summed E-state index contributed by atoms with van der Waals surface area (Å²) in [4.78, 5) is 22.3. The van der Waals surface area contributed by atoms with Gasteiger partial charge in [0.05, 0.1) is 29.3 Å². The van der Waals surface area contributed by atoms with Gasteiger partial charge in [-0.25, -0.2) is 9.37 Å². The van der Waals surface area contributed by atoms with Gasteiger partial charge in [-0.15, -0.1) is 0 Å². The van der Waals surface area contributed by atoms with Crippen molar-refractivity contribution in [2.45, 2.75) is 6.04 Å². The Balaban J connectivity index is 1.69. The number of benzene rings is 2. The standard InChI is InChI=1S/C21H15ClFN3O/c22-13-7-12(8-14(23)9-13)20-16-3-1-2-4-17(16)21(27)26(20)15-5-6-18-19(10-15)25-11-24-18/h1-11,16-17,20H,(H,24,25). The van der Waals surface area contributed by atoms with Crippen molar-refractivity contribution in [2.75, 3.05) is 4.90 Å². The number of imidazole rings is 1. The van der Waals surface area contributed by atoms with E-state index in [4.69, 9.17) is 11.6 Å². The van der Waals surface area contributed by atoms with Crippen molar-refractivity contribution in [3.05, 3.63) is 83.4 Å². The van der Waals surface area contributed by atoms with Gasteiger partial charge in [0.1, 0.15) is 5.82 Å². The molecule has 6 heteroatoms. The number of rotatable bonds is 2. The minimum atomic E-state index is -0.410. The summed E-state index contributed by atoms with van der Waals surface area (Å²) >= 11 is 6.11. The Morgan fingerprint density at radius 1 is 1.11 bits per heavy atom. The number of allylic oxidation sites excluding steroid dienone is 2. The number of carbonyl (C=O) groups excluding carboxylic acids is 1. The van der Waals surface area contributed by atoms with Crippen LogP contribution in [0, 0.1) is 17.7 Å². The number of nitrogens with zero attached hydrogens (tertiary/aromatic N) is 2. The first-order chi connectivity index (χ1) is 13.1. The van der Waals surface area contributed by atoms with Gasteiger partial charge in [-0.3, -0.25) is 4.79 Å². The van der Waals surface area contributed by atoms with Crippen molar-refractivity contribution in [2.24, 2.45) is 11.8 Å². The zero-order chi connectivity index (χ0) is 18.5. The van der Waals surface area contributed by atoms with E-state index in [0.29, 0.717) is 10.6 Å². The van der Waals surface area contributed by atoms with E-state index in [9.17, 15) is 9.18 Å². The van der Waals surface area contributed by atoms with Gasteiger partial charge in [-0.1, -0.05) is 35.9 Å². The second-order valence-corrected chi connectivity index (χ2v) is 7.27. The molecular formula is C21H15ClFN3O. The van der Waals surface area contributed by atoms with Crippen LogP contribution in [0.4, 0.5) is 10.1 Å². The van der Waals surface area contributed by atoms with Gasteiger partial charge in [-0.05, 0) is 42.0 Å². The van der Waals surface area contributed by atoms with Crippen molar-refractivity contribution >= 4 is 34.2 Å². The third kappa shape index (κ3) is 2.58. The second kappa shape index (κ2) is 6.06. The molecule has 27 heavy (non-hydrogen) atoms. The van der Waals surface area contributed by atoms with Crippen LogP contribution in [0.25, 0.3) is 11.0 Å². The van der Waals surface area contributed by atoms with E-state index in [0.717, 1.165) is 16.7 Å². The molecule has 1 fully saturated rings. The molecule has 2 heterocycles. The molecule has 1 amide bonds. The number of nitrogens with one attached hydrogen (secondary N) is 1. The fourth-order valence-electron chi connectivity index (χ4n) is 4.12. The highest BCUT2D eigenvalue weighted by atomic mass is 35.5. The molecule has 5 rings (SSSR count). The van der Waals surface area contributed by atoms with Gasteiger partial charge in [0.2, 0.25) is 5.91 Å². The van der Waals surface area contributed by atoms with Gasteiger partial charge >= 0.3 is 0 Å². The van der Waals surface area contributed by atoms with Crippen LogP contribution < -0.4 is 4.90 Å². The molecule has 1 aromatic heterocycles. The molecule has 4 nitrogen and oxygen atoms in total. The summed E-state index contributed by atoms with van der Waals surface area (Å²) in [5, 5.41) is 0.320. The fraction of sp³-hybridized carbons (Fsp3) is 0.143. The SMILES string of the molecule is O=C1C2C=CC=CC2C(c2cc(F)cc(Cl)c2)N1c1ccc2nc[nH]c2c1. The maximum absolute atomic E-state index is 14.1. The number of anilines is 1. The van der Waals surface area contributed by atoms with Crippen molar-refractivity contribution in [1.29, 1.82) is 0 Å². The Morgan fingerprint density at radius 3 is 2.81 bits per heavy atom. The van der Waals surface area contributed by atoms with Crippen LogP contribution in [-0.2, 0) is 4.79 Å². The molecule has 0 spiro atoms. The van der Waals surface area contributed by atoms with Gasteiger partial charge in [0.15, 0.2) is 0 Å². The summed E-state index contributed by atoms with van der Waals surface area (Å²) in [7, 11) is 0. The zero-order valence-corrected chi connectivity index (χ0v) is 14.9. The highest BCUT2D eigenvalue weighted by molar-refractivity contribution is 6.30. The number of fused-ring (bicyclic) bond motifs is 2. The largest absolute Gasteiger partial charge is 0.345 e. The Morgan fingerprint density at radius 2 is 1.96 bits per heavy atom. The monoisotopic (exact) mass is 379 g/mol. The predicted molar refractivity (Wildman–Crippen MR) is 103 cm³/mol. The van der Waals surface area contributed by atoms with Gasteiger partial charge in [-0.2, -0.15) is 0 Å². The number of halogens is 2. The van der Waals surface area contributed by atoms with Crippen LogP contribution in [0.15, 0.2) is 67.0 Å². The molecule has 2 aliphatic rings. The highest BCUT2D eigenvalue weighted by Gasteiger charge is 2.47. The summed E-state index contributed by atoms with van der Waals surface area (Å²) in [6.07, 6.45) is 9.37. The van der Waals surface area contributed by atoms with Gasteiger partial charge < -0.3 is 9.88 Å². The maximum Gasteiger partial charge on any atom is 0.235 e. The molecule has 2 aromatic carbocycles. The van der Waals surface area contributed by atoms with E-state index >= 15 is 0 Å². The number of H-pyrrole nitrogens is 1. The molecule has 1 N–H and O–H groups in total. The number of hydrogen-bond donors (Lipinski definition) is 1. The van der Waals surface area contributed by atoms with E-state index in [1.807, 2.05) is 42.5 Å². The summed E-state index contributed by atoms with van der Waals surface area (Å²) in [6, 6.07) is 9.78. The van der Waals surface area contributed by atoms with E-state index in [2.05, 4.69) is 9.97 Å². The number of aromatic nitrogens is 2. The molecule has 3 unspecified atom stereocenters. The summed E-state index contributed by atoms with van der Waals surface area (Å²) in [5.41, 5.74) is 3.11. The minimum Gasteiger partial charge on any atom is -0.345 e. The number of aromatic amines is 1. The smallest absolute Gasteiger partial charge is 0.235 e. The average molecular weight is 380 g/mol. The number of amides is 1. The summed E-state index contributed by atoms with van der Waals surface area (Å²) in [5.74, 6) is -0.783. The minimum absolute atomic E-state index is 0.00940. The molecule has 134 valence electrons. The Kier molecular flexibility index (Phi) is 3.65. The predicted octanol–water partition coefficient (Wildman–Crippen LogP) is 4.80. The Hall–Kier alpha value is -2.92. The molecule has 0 bridgehead atoms. The van der Waals surface area contributed by atoms with Crippen LogP contribution in [0.5, 0.6) is 0 Å². The fourth-order valence-corrected chi connectivity index (χ4v) is 4.35. The van der Waals surface area contributed by atoms with E-state index in [1.54, 1.807) is 17.3 Å². The lowest BCUT2D eigenvalue weighted by Crippen LogP contribution is -2.29. The Labute approximate surface area is 160 Å². The molecule has 1 aliphatic heterocycles. The molecular weight excluding hydrogens is 365 g/mol. The molecule has 0 radical (unpaired) electrons. The first-order valence-electron chi connectivity index (χ1n) is 8.69. The lowest BCUT2D eigenvalue weighted by molar-refractivity contribution is -0.119. The lowest BCUT2D eigenvalue weighted by atomic mass is 9.84. The van der Waals surface area contributed by atoms with E-state index < -0.39 is 5.82 Å². The van der Waals surface area contributed by atoms with Crippen LogP contribution in [0.2, 0.25) is 5.02 Å². The lowest BCUT2D eigenvalue weighted by Gasteiger charge is -2.28. The number of hydrogen-bond acceptors (Lipinski definition) is 2. The molecule has 1 aliphatic carbocycles. The topological polar surface area (TPSA) is 49.0 Å². The molecule has 0 saturated carbocycles. The van der Waals surface area contributed by atoms with Gasteiger partial charge in [0.25, 0.3) is 0 Å². The van der Waals surface area contributed by atoms with E-state index in [1.165, 1.54) is 12.1 Å². The highest BCUT2D eigenvalue weighted by Crippen LogP contribution is 2.47. The van der Waals surface area contributed by atoms with Crippen molar-refractivity contribution in [1.82, 2.24) is 9.97 Å². The number of carbonyl (C=O) groups is 1. The average Bonchev–Trinajstić information content (AvgIpc) is 3.23. The summed E-state index contributed by atoms with van der Waals surface area (Å²) in [6.45, 7) is 0. The molecule has 1 saturated heterocycles. The van der Waals surface area contributed by atoms with Crippen LogP contribution in [0.3, 0.4) is 0 Å². The first-order valence-corrected chi connectivity index (χ1v) is 9.07. The van der Waals surface area contributed by atoms with Crippen molar-refractivity contribution < 1.29 is 9.18 Å². The molecule has 3 aromatic rings. The van der Waals surface area contributed by atoms with Crippen molar-refractivity contribution in [3.63, 3.8) is 0 Å². The van der Waals surface area contributed by atoms with Crippen LogP contribution in [0.1, 0.15) is 11.6 Å². The van der Waals surface area contributed by atoms with Crippen LogP contribution >= 0.6 is 11.6 Å². The summed E-state index contributed by atoms with van der Waals surface area (Å²) < 4.78 is 14.1. The van der Waals surface area contributed by atoms with Crippen molar-refractivity contribution in [3.8, 4) is 0 Å². The molecule has 3 atom stereocenters. The maximum atomic E-state index is 14.1. The quantitative estimate of drug-likeness (QED) is 0.695. The van der Waals surface area contributed by atoms with E-state index in [-0.39, 0.29) is 23.8 Å².